The Morgan fingerprint density at radius 1 is 0.947 bits per heavy atom. The van der Waals surface area contributed by atoms with Crippen LogP contribution >= 0.6 is 0 Å². The van der Waals surface area contributed by atoms with Gasteiger partial charge < -0.3 is 5.11 Å². The molecule has 0 aliphatic heterocycles. The van der Waals surface area contributed by atoms with Gasteiger partial charge in [0.15, 0.2) is 0 Å². The van der Waals surface area contributed by atoms with E-state index in [-0.39, 0.29) is 5.92 Å². The highest BCUT2D eigenvalue weighted by Crippen LogP contribution is 2.30. The van der Waals surface area contributed by atoms with E-state index in [4.69, 9.17) is 0 Å². The lowest BCUT2D eigenvalue weighted by molar-refractivity contribution is 0.151. The predicted octanol–water partition coefficient (Wildman–Crippen LogP) is 4.48. The van der Waals surface area contributed by atoms with Crippen molar-refractivity contribution >= 4 is 0 Å². The zero-order valence-corrected chi connectivity index (χ0v) is 11.7. The topological polar surface area (TPSA) is 20.2 Å². The number of rotatable bonds is 5. The first kappa shape index (κ1) is 13.8. The summed E-state index contributed by atoms with van der Waals surface area (Å²) in [5.41, 5.74) is 3.50. The molecule has 1 heteroatoms. The highest BCUT2D eigenvalue weighted by atomic mass is 16.3. The van der Waals surface area contributed by atoms with E-state index in [0.29, 0.717) is 0 Å². The smallest absolute Gasteiger partial charge is 0.0855 e. The van der Waals surface area contributed by atoms with E-state index in [2.05, 4.69) is 38.1 Å². The van der Waals surface area contributed by atoms with Gasteiger partial charge in [-0.25, -0.2) is 0 Å². The van der Waals surface area contributed by atoms with Crippen molar-refractivity contribution in [2.45, 2.75) is 38.7 Å². The number of aliphatic hydroxyl groups is 1. The van der Waals surface area contributed by atoms with Crippen LogP contribution in [0.1, 0.15) is 49.0 Å². The third-order valence-corrected chi connectivity index (χ3v) is 3.63. The number of aliphatic hydroxyl groups excluding tert-OH is 1. The fraction of sp³-hybridized carbons (Fsp3) is 0.333. The first-order valence-corrected chi connectivity index (χ1v) is 7.04. The molecule has 0 saturated heterocycles. The molecular weight excluding hydrogens is 232 g/mol. The van der Waals surface area contributed by atoms with Crippen LogP contribution in [0.5, 0.6) is 0 Å². The van der Waals surface area contributed by atoms with Gasteiger partial charge in [0, 0.05) is 5.92 Å². The van der Waals surface area contributed by atoms with Gasteiger partial charge in [-0.1, -0.05) is 74.9 Å². The first-order valence-electron chi connectivity index (χ1n) is 7.04. The molecule has 0 heterocycles. The van der Waals surface area contributed by atoms with Crippen LogP contribution in [0.4, 0.5) is 0 Å². The Morgan fingerprint density at radius 2 is 1.63 bits per heavy atom. The van der Waals surface area contributed by atoms with E-state index < -0.39 is 6.10 Å². The molecule has 100 valence electrons. The van der Waals surface area contributed by atoms with E-state index in [1.54, 1.807) is 0 Å². The number of hydrogen-bond acceptors (Lipinski definition) is 1. The van der Waals surface area contributed by atoms with Crippen LogP contribution in [0, 0.1) is 0 Å². The quantitative estimate of drug-likeness (QED) is 0.834. The molecule has 2 atom stereocenters. The molecule has 2 aromatic rings. The third-order valence-electron chi connectivity index (χ3n) is 3.63. The summed E-state index contributed by atoms with van der Waals surface area (Å²) in [6.07, 6.45) is 1.76. The van der Waals surface area contributed by atoms with Crippen molar-refractivity contribution in [2.75, 3.05) is 0 Å². The summed E-state index contributed by atoms with van der Waals surface area (Å²) >= 11 is 0. The zero-order chi connectivity index (χ0) is 13.7. The molecule has 0 bridgehead atoms. The number of aryl methyl sites for hydroxylation is 1. The largest absolute Gasteiger partial charge is 0.388 e. The normalized spacial score (nSPS) is 14.1. The molecule has 2 unspecified atom stereocenters. The second-order valence-electron chi connectivity index (χ2n) is 5.14. The maximum atomic E-state index is 10.5. The van der Waals surface area contributed by atoms with E-state index in [1.807, 2.05) is 30.3 Å². The highest BCUT2D eigenvalue weighted by Gasteiger charge is 2.18. The molecule has 2 aromatic carbocycles. The summed E-state index contributed by atoms with van der Waals surface area (Å²) < 4.78 is 0. The summed E-state index contributed by atoms with van der Waals surface area (Å²) in [5, 5.41) is 10.5. The summed E-state index contributed by atoms with van der Waals surface area (Å²) in [6.45, 7) is 4.25. The van der Waals surface area contributed by atoms with Gasteiger partial charge in [-0.15, -0.1) is 0 Å². The van der Waals surface area contributed by atoms with Crippen LogP contribution in [0.15, 0.2) is 54.6 Å². The van der Waals surface area contributed by atoms with Crippen molar-refractivity contribution in [1.82, 2.24) is 0 Å². The van der Waals surface area contributed by atoms with Gasteiger partial charge in [-0.05, 0) is 23.1 Å². The molecule has 19 heavy (non-hydrogen) atoms. The van der Waals surface area contributed by atoms with Gasteiger partial charge in [-0.2, -0.15) is 0 Å². The Morgan fingerprint density at radius 3 is 2.32 bits per heavy atom. The molecule has 1 nitrogen and oxygen atoms in total. The molecule has 0 radical (unpaired) electrons. The van der Waals surface area contributed by atoms with Crippen LogP contribution in [0.25, 0.3) is 0 Å². The first-order chi connectivity index (χ1) is 9.22. The Kier molecular flexibility index (Phi) is 4.75. The average molecular weight is 254 g/mol. The van der Waals surface area contributed by atoms with Gasteiger partial charge in [0.1, 0.15) is 0 Å². The maximum Gasteiger partial charge on any atom is 0.0855 e. The minimum absolute atomic E-state index is 0.109. The molecule has 0 aromatic heterocycles. The summed E-state index contributed by atoms with van der Waals surface area (Å²) in [6, 6.07) is 18.5. The Labute approximate surface area is 115 Å². The molecule has 2 rings (SSSR count). The third kappa shape index (κ3) is 3.45. The average Bonchev–Trinajstić information content (AvgIpc) is 2.47. The Hall–Kier alpha value is -1.60. The fourth-order valence-corrected chi connectivity index (χ4v) is 2.45. The minimum atomic E-state index is -0.445. The Bertz CT molecular complexity index is 504. The zero-order valence-electron chi connectivity index (χ0n) is 11.7. The van der Waals surface area contributed by atoms with E-state index in [9.17, 15) is 5.11 Å². The molecule has 1 N–H and O–H groups in total. The van der Waals surface area contributed by atoms with Crippen LogP contribution in [-0.2, 0) is 6.42 Å². The molecule has 0 amide bonds. The van der Waals surface area contributed by atoms with Crippen LogP contribution in [0.2, 0.25) is 0 Å². The van der Waals surface area contributed by atoms with Gasteiger partial charge in [-0.3, -0.25) is 0 Å². The van der Waals surface area contributed by atoms with Crippen molar-refractivity contribution in [1.29, 1.82) is 0 Å². The molecule has 0 aliphatic rings. The lowest BCUT2D eigenvalue weighted by Crippen LogP contribution is -2.08. The predicted molar refractivity (Wildman–Crippen MR) is 80.3 cm³/mol. The molecule has 0 fully saturated rings. The van der Waals surface area contributed by atoms with Crippen molar-refractivity contribution in [3.8, 4) is 0 Å². The SMILES string of the molecule is CCCc1cccc(C(O)C(C)c2ccccc2)c1. The minimum Gasteiger partial charge on any atom is -0.388 e. The monoisotopic (exact) mass is 254 g/mol. The van der Waals surface area contributed by atoms with E-state index in [0.717, 1.165) is 18.4 Å². The second kappa shape index (κ2) is 6.53. The molecule has 0 saturated carbocycles. The standard InChI is InChI=1S/C18H22O/c1-3-8-15-9-7-12-17(13-15)18(19)14(2)16-10-5-4-6-11-16/h4-7,9-14,18-19H,3,8H2,1-2H3. The van der Waals surface area contributed by atoms with Gasteiger partial charge in [0.05, 0.1) is 6.10 Å². The van der Waals surface area contributed by atoms with Crippen LogP contribution in [-0.4, -0.2) is 5.11 Å². The summed E-state index contributed by atoms with van der Waals surface area (Å²) in [4.78, 5) is 0. The highest BCUT2D eigenvalue weighted by molar-refractivity contribution is 5.29. The van der Waals surface area contributed by atoms with E-state index in [1.165, 1.54) is 11.1 Å². The van der Waals surface area contributed by atoms with E-state index >= 15 is 0 Å². The van der Waals surface area contributed by atoms with Crippen molar-refractivity contribution in [3.63, 3.8) is 0 Å². The number of benzene rings is 2. The Balaban J connectivity index is 2.19. The fourth-order valence-electron chi connectivity index (χ4n) is 2.45. The van der Waals surface area contributed by atoms with Crippen LogP contribution in [0.3, 0.4) is 0 Å². The molecular formula is C18H22O. The maximum absolute atomic E-state index is 10.5. The second-order valence-corrected chi connectivity index (χ2v) is 5.14. The van der Waals surface area contributed by atoms with Crippen LogP contribution < -0.4 is 0 Å². The lowest BCUT2D eigenvalue weighted by atomic mass is 9.90. The van der Waals surface area contributed by atoms with Gasteiger partial charge in [0.25, 0.3) is 0 Å². The van der Waals surface area contributed by atoms with Gasteiger partial charge in [0.2, 0.25) is 0 Å². The van der Waals surface area contributed by atoms with Crippen molar-refractivity contribution in [2.24, 2.45) is 0 Å². The lowest BCUT2D eigenvalue weighted by Gasteiger charge is -2.20. The van der Waals surface area contributed by atoms with Crippen molar-refractivity contribution < 1.29 is 5.11 Å². The molecule has 0 aliphatic carbocycles. The molecule has 0 spiro atoms. The number of hydrogen-bond donors (Lipinski definition) is 1. The summed E-state index contributed by atoms with van der Waals surface area (Å²) in [5.74, 6) is 0.109. The van der Waals surface area contributed by atoms with Gasteiger partial charge >= 0.3 is 0 Å². The van der Waals surface area contributed by atoms with Crippen molar-refractivity contribution in [3.05, 3.63) is 71.3 Å². The summed E-state index contributed by atoms with van der Waals surface area (Å²) in [7, 11) is 0.